The Labute approximate surface area is 116 Å². The van der Waals surface area contributed by atoms with E-state index in [9.17, 15) is 22.4 Å². The van der Waals surface area contributed by atoms with Gasteiger partial charge in [-0.25, -0.2) is 21.9 Å². The molecule has 0 bridgehead atoms. The molecular formula is C11H7FN2O4S2. The summed E-state index contributed by atoms with van der Waals surface area (Å²) in [4.78, 5) is 22.5. The summed E-state index contributed by atoms with van der Waals surface area (Å²) >= 11 is 0.915. The number of carbonyl (C=O) groups is 2. The van der Waals surface area contributed by atoms with E-state index in [0.29, 0.717) is 14.4 Å². The molecule has 2 aromatic rings. The number of hydrogen-bond donors (Lipinski definition) is 1. The number of imide groups is 1. The second kappa shape index (κ2) is 4.25. The van der Waals surface area contributed by atoms with Crippen molar-refractivity contribution in [2.24, 2.45) is 0 Å². The highest BCUT2D eigenvalue weighted by molar-refractivity contribution is 7.92. The van der Waals surface area contributed by atoms with Crippen molar-refractivity contribution in [2.45, 2.75) is 4.21 Å². The summed E-state index contributed by atoms with van der Waals surface area (Å²) < 4.78 is 38.6. The van der Waals surface area contributed by atoms with E-state index in [0.717, 1.165) is 11.3 Å². The van der Waals surface area contributed by atoms with Crippen LogP contribution in [-0.4, -0.2) is 31.2 Å². The summed E-state index contributed by atoms with van der Waals surface area (Å²) in [7, 11) is -4.10. The third kappa shape index (κ3) is 1.95. The van der Waals surface area contributed by atoms with E-state index in [4.69, 9.17) is 0 Å². The van der Waals surface area contributed by atoms with Crippen molar-refractivity contribution in [3.8, 4) is 0 Å². The lowest BCUT2D eigenvalue weighted by Gasteiger charge is -2.11. The van der Waals surface area contributed by atoms with Crippen molar-refractivity contribution < 1.29 is 22.4 Å². The molecule has 1 aliphatic heterocycles. The predicted octanol–water partition coefficient (Wildman–Crippen LogP) is 1.28. The van der Waals surface area contributed by atoms with Crippen LogP contribution in [0.2, 0.25) is 0 Å². The van der Waals surface area contributed by atoms with Gasteiger partial charge in [0.15, 0.2) is 0 Å². The van der Waals surface area contributed by atoms with Gasteiger partial charge in [-0.15, -0.1) is 11.3 Å². The Morgan fingerprint density at radius 3 is 2.65 bits per heavy atom. The van der Waals surface area contributed by atoms with Crippen LogP contribution in [-0.2, 0) is 14.8 Å². The highest BCUT2D eigenvalue weighted by atomic mass is 32.2. The van der Waals surface area contributed by atoms with Gasteiger partial charge in [-0.1, -0.05) is 0 Å². The minimum atomic E-state index is -4.10. The maximum absolute atomic E-state index is 13.1. The Kier molecular flexibility index (Phi) is 2.76. The Bertz CT molecular complexity index is 843. The molecule has 1 aromatic carbocycles. The summed E-state index contributed by atoms with van der Waals surface area (Å²) in [6.45, 7) is -0.538. The first kappa shape index (κ1) is 13.0. The lowest BCUT2D eigenvalue weighted by atomic mass is 10.3. The zero-order valence-electron chi connectivity index (χ0n) is 9.79. The van der Waals surface area contributed by atoms with Crippen LogP contribution in [0.5, 0.6) is 0 Å². The molecule has 20 heavy (non-hydrogen) atoms. The zero-order chi connectivity index (χ0) is 14.5. The molecular weight excluding hydrogens is 307 g/mol. The average molecular weight is 314 g/mol. The lowest BCUT2D eigenvalue weighted by Crippen LogP contribution is -2.33. The Hall–Kier alpha value is -2.00. The number of sulfonamides is 1. The van der Waals surface area contributed by atoms with E-state index in [1.54, 1.807) is 0 Å². The molecule has 0 atom stereocenters. The summed E-state index contributed by atoms with van der Waals surface area (Å²) in [5.74, 6) is -1.15. The van der Waals surface area contributed by atoms with Gasteiger partial charge in [0.2, 0.25) is 5.91 Å². The smallest absolute Gasteiger partial charge is 0.275 e. The summed E-state index contributed by atoms with van der Waals surface area (Å²) in [5.41, 5.74) is 0. The number of urea groups is 1. The number of benzene rings is 1. The Morgan fingerprint density at radius 1 is 1.25 bits per heavy atom. The standard InChI is InChI=1S/C11H7FN2O4S2/c12-7-1-2-8-6(3-7)4-10(19-8)20(17,18)14-5-9(15)13-11(14)16/h1-4H,5H2,(H,13,15,16). The SMILES string of the molecule is O=C1CN(S(=O)(=O)c2cc3cc(F)ccc3s2)C(=O)N1. The number of nitrogens with one attached hydrogen (secondary N) is 1. The van der Waals surface area contributed by atoms with Crippen LogP contribution in [0, 0.1) is 5.82 Å². The molecule has 0 radical (unpaired) electrons. The highest BCUT2D eigenvalue weighted by Gasteiger charge is 2.38. The molecule has 1 fully saturated rings. The molecule has 3 rings (SSSR count). The molecule has 104 valence electrons. The predicted molar refractivity (Wildman–Crippen MR) is 69.2 cm³/mol. The largest absolute Gasteiger partial charge is 0.338 e. The van der Waals surface area contributed by atoms with Gasteiger partial charge in [0.25, 0.3) is 10.0 Å². The molecule has 3 amide bonds. The van der Waals surface area contributed by atoms with Crippen molar-refractivity contribution in [3.63, 3.8) is 0 Å². The van der Waals surface area contributed by atoms with E-state index in [1.165, 1.54) is 24.3 Å². The second-order valence-corrected chi connectivity index (χ2v) is 7.29. The van der Waals surface area contributed by atoms with Crippen molar-refractivity contribution in [3.05, 3.63) is 30.1 Å². The van der Waals surface area contributed by atoms with Gasteiger partial charge >= 0.3 is 6.03 Å². The van der Waals surface area contributed by atoms with E-state index < -0.39 is 34.3 Å². The maximum Gasteiger partial charge on any atom is 0.338 e. The Morgan fingerprint density at radius 2 is 2.00 bits per heavy atom. The molecule has 0 aliphatic carbocycles. The monoisotopic (exact) mass is 314 g/mol. The molecule has 1 aliphatic rings. The van der Waals surface area contributed by atoms with Crippen molar-refractivity contribution in [1.29, 1.82) is 0 Å². The van der Waals surface area contributed by atoms with Crippen LogP contribution in [0.15, 0.2) is 28.5 Å². The van der Waals surface area contributed by atoms with Crippen molar-refractivity contribution in [2.75, 3.05) is 6.54 Å². The first-order valence-corrected chi connectivity index (χ1v) is 7.69. The van der Waals surface area contributed by atoms with Crippen LogP contribution >= 0.6 is 11.3 Å². The average Bonchev–Trinajstić information content (AvgIpc) is 2.92. The fourth-order valence-corrected chi connectivity index (χ4v) is 4.62. The maximum atomic E-state index is 13.1. The number of halogens is 1. The summed E-state index contributed by atoms with van der Waals surface area (Å²) in [6.07, 6.45) is 0. The van der Waals surface area contributed by atoms with Crippen LogP contribution in [0.1, 0.15) is 0 Å². The number of nitrogens with zero attached hydrogens (tertiary/aromatic N) is 1. The lowest BCUT2D eigenvalue weighted by molar-refractivity contribution is -0.118. The molecule has 1 saturated heterocycles. The number of hydrogen-bond acceptors (Lipinski definition) is 5. The van der Waals surface area contributed by atoms with Gasteiger partial charge in [0.1, 0.15) is 16.6 Å². The molecule has 9 heteroatoms. The van der Waals surface area contributed by atoms with Crippen LogP contribution in [0.25, 0.3) is 10.1 Å². The fourth-order valence-electron chi connectivity index (χ4n) is 1.84. The van der Waals surface area contributed by atoms with Gasteiger partial charge in [-0.3, -0.25) is 10.1 Å². The van der Waals surface area contributed by atoms with Crippen LogP contribution < -0.4 is 5.32 Å². The molecule has 1 aromatic heterocycles. The van der Waals surface area contributed by atoms with E-state index in [1.807, 2.05) is 5.32 Å². The van der Waals surface area contributed by atoms with Crippen molar-refractivity contribution >= 4 is 43.4 Å². The van der Waals surface area contributed by atoms with Gasteiger partial charge in [0, 0.05) is 4.70 Å². The first-order chi connectivity index (χ1) is 9.38. The van der Waals surface area contributed by atoms with E-state index >= 15 is 0 Å². The van der Waals surface area contributed by atoms with Gasteiger partial charge in [-0.2, -0.15) is 0 Å². The third-order valence-corrected chi connectivity index (χ3v) is 6.05. The Balaban J connectivity index is 2.09. The minimum absolute atomic E-state index is 0.108. The van der Waals surface area contributed by atoms with Crippen LogP contribution in [0.4, 0.5) is 9.18 Å². The normalized spacial score (nSPS) is 15.9. The van der Waals surface area contributed by atoms with Gasteiger partial charge in [0.05, 0.1) is 0 Å². The number of carbonyl (C=O) groups excluding carboxylic acids is 2. The molecule has 0 unspecified atom stereocenters. The topological polar surface area (TPSA) is 83.6 Å². The summed E-state index contributed by atoms with van der Waals surface area (Å²) in [5, 5.41) is 2.33. The van der Waals surface area contributed by atoms with Gasteiger partial charge < -0.3 is 0 Å². The minimum Gasteiger partial charge on any atom is -0.275 e. The van der Waals surface area contributed by atoms with Gasteiger partial charge in [-0.05, 0) is 29.7 Å². The number of rotatable bonds is 2. The second-order valence-electron chi connectivity index (χ2n) is 4.11. The zero-order valence-corrected chi connectivity index (χ0v) is 11.4. The third-order valence-electron chi connectivity index (χ3n) is 2.76. The molecule has 0 spiro atoms. The first-order valence-electron chi connectivity index (χ1n) is 5.43. The van der Waals surface area contributed by atoms with Crippen molar-refractivity contribution in [1.82, 2.24) is 9.62 Å². The quantitative estimate of drug-likeness (QED) is 0.846. The highest BCUT2D eigenvalue weighted by Crippen LogP contribution is 2.31. The van der Waals surface area contributed by atoms with Crippen LogP contribution in [0.3, 0.4) is 0 Å². The molecule has 2 heterocycles. The number of thiophene rings is 1. The molecule has 0 saturated carbocycles. The fraction of sp³-hybridized carbons (Fsp3) is 0.0909. The number of fused-ring (bicyclic) bond motifs is 1. The van der Waals surface area contributed by atoms with E-state index in [-0.39, 0.29) is 4.21 Å². The summed E-state index contributed by atoms with van der Waals surface area (Å²) in [6, 6.07) is 4.21. The molecule has 6 nitrogen and oxygen atoms in total. The van der Waals surface area contributed by atoms with E-state index in [2.05, 4.69) is 0 Å². The molecule has 1 N–H and O–H groups in total. The number of amides is 3.